The molecule has 3 aromatic carbocycles. The van der Waals surface area contributed by atoms with E-state index in [2.05, 4.69) is 5.32 Å². The molecule has 0 spiro atoms. The minimum Gasteiger partial charge on any atom is -0.398 e. The minimum atomic E-state index is -0.264. The summed E-state index contributed by atoms with van der Waals surface area (Å²) in [6, 6.07) is 17.9. The van der Waals surface area contributed by atoms with Crippen molar-refractivity contribution in [2.75, 3.05) is 18.8 Å². The normalized spacial score (nSPS) is 13.0. The Hall–Kier alpha value is -3.67. The number of nitrogens with zero attached hydrogens (tertiary/aromatic N) is 1. The lowest BCUT2D eigenvalue weighted by Crippen LogP contribution is -2.41. The number of benzene rings is 3. The van der Waals surface area contributed by atoms with Gasteiger partial charge in [-0.05, 0) is 42.5 Å². The van der Waals surface area contributed by atoms with Gasteiger partial charge in [0.1, 0.15) is 0 Å². The second kappa shape index (κ2) is 7.75. The van der Waals surface area contributed by atoms with Crippen molar-refractivity contribution in [2.45, 2.75) is 12.8 Å². The fourth-order valence-electron chi connectivity index (χ4n) is 3.68. The van der Waals surface area contributed by atoms with Gasteiger partial charge in [-0.2, -0.15) is 0 Å². The number of hydrogen-bond acceptors (Lipinski definition) is 4. The van der Waals surface area contributed by atoms with E-state index in [1.165, 1.54) is 4.90 Å². The Balaban J connectivity index is 1.36. The van der Waals surface area contributed by atoms with Crippen LogP contribution in [0.2, 0.25) is 0 Å². The number of nitrogens with two attached hydrogens (primary N) is 1. The number of hydrogen-bond donors (Lipinski definition) is 2. The van der Waals surface area contributed by atoms with Crippen LogP contribution >= 0.6 is 0 Å². The fraction of sp³-hybridized carbons (Fsp3) is 0.174. The number of carbonyl (C=O) groups excluding carboxylic acids is 3. The smallest absolute Gasteiger partial charge is 0.261 e. The van der Waals surface area contributed by atoms with Crippen LogP contribution in [0.25, 0.3) is 10.8 Å². The highest BCUT2D eigenvalue weighted by atomic mass is 16.2. The van der Waals surface area contributed by atoms with Crippen molar-refractivity contribution in [3.63, 3.8) is 0 Å². The first-order chi connectivity index (χ1) is 14.1. The summed E-state index contributed by atoms with van der Waals surface area (Å²) in [7, 11) is 0. The largest absolute Gasteiger partial charge is 0.398 e. The lowest BCUT2D eigenvalue weighted by molar-refractivity contribution is 0.0607. The second-order valence-corrected chi connectivity index (χ2v) is 7.02. The molecule has 0 bridgehead atoms. The Morgan fingerprint density at radius 2 is 1.52 bits per heavy atom. The molecule has 3 amide bonds. The van der Waals surface area contributed by atoms with E-state index >= 15 is 0 Å². The van der Waals surface area contributed by atoms with Gasteiger partial charge in [0.05, 0.1) is 5.56 Å². The highest BCUT2D eigenvalue weighted by Crippen LogP contribution is 2.30. The zero-order valence-corrected chi connectivity index (χ0v) is 15.9. The lowest BCUT2D eigenvalue weighted by atomic mass is 9.94. The van der Waals surface area contributed by atoms with E-state index < -0.39 is 0 Å². The quantitative estimate of drug-likeness (QED) is 0.386. The van der Waals surface area contributed by atoms with Gasteiger partial charge in [0.25, 0.3) is 17.7 Å². The Morgan fingerprint density at radius 1 is 0.862 bits per heavy atom. The number of unbranched alkanes of at least 4 members (excludes halogenated alkanes) is 1. The van der Waals surface area contributed by atoms with E-state index in [-0.39, 0.29) is 17.7 Å². The summed E-state index contributed by atoms with van der Waals surface area (Å²) in [5.41, 5.74) is 7.81. The molecule has 3 N–H and O–H groups in total. The van der Waals surface area contributed by atoms with Gasteiger partial charge in [-0.25, -0.2) is 0 Å². The van der Waals surface area contributed by atoms with E-state index in [0.717, 1.165) is 10.8 Å². The molecule has 0 radical (unpaired) electrons. The lowest BCUT2D eigenvalue weighted by Gasteiger charge is -2.27. The van der Waals surface area contributed by atoms with Gasteiger partial charge in [-0.1, -0.05) is 36.4 Å². The van der Waals surface area contributed by atoms with Crippen LogP contribution in [0, 0.1) is 0 Å². The molecular weight excluding hydrogens is 366 g/mol. The van der Waals surface area contributed by atoms with Gasteiger partial charge in [0, 0.05) is 35.3 Å². The monoisotopic (exact) mass is 387 g/mol. The fourth-order valence-corrected chi connectivity index (χ4v) is 3.68. The molecule has 4 rings (SSSR count). The van der Waals surface area contributed by atoms with Crippen molar-refractivity contribution < 1.29 is 14.4 Å². The molecule has 6 heteroatoms. The molecule has 0 aromatic heterocycles. The van der Waals surface area contributed by atoms with E-state index in [1.807, 2.05) is 24.3 Å². The molecule has 1 aliphatic heterocycles. The van der Waals surface area contributed by atoms with Crippen molar-refractivity contribution >= 4 is 34.2 Å². The first-order valence-corrected chi connectivity index (χ1v) is 9.58. The molecule has 1 heterocycles. The molecule has 0 saturated heterocycles. The van der Waals surface area contributed by atoms with Crippen molar-refractivity contribution in [3.8, 4) is 0 Å². The summed E-state index contributed by atoms with van der Waals surface area (Å²) >= 11 is 0. The predicted molar refractivity (Wildman–Crippen MR) is 112 cm³/mol. The van der Waals surface area contributed by atoms with E-state index in [1.54, 1.807) is 36.4 Å². The van der Waals surface area contributed by atoms with E-state index in [9.17, 15) is 14.4 Å². The standard InChI is InChI=1S/C23H21N3O3/c24-19-12-2-1-9-16(19)21(27)25-13-3-4-14-26-22(28)17-10-5-7-15-8-6-11-18(20(15)17)23(26)29/h1-2,5-12H,3-4,13-14,24H2,(H,25,27). The van der Waals surface area contributed by atoms with Gasteiger partial charge in [0.15, 0.2) is 0 Å². The highest BCUT2D eigenvalue weighted by Gasteiger charge is 2.31. The zero-order valence-electron chi connectivity index (χ0n) is 15.9. The molecule has 146 valence electrons. The van der Waals surface area contributed by atoms with Crippen LogP contribution in [0.5, 0.6) is 0 Å². The number of imide groups is 1. The molecule has 1 aliphatic rings. The molecule has 0 saturated carbocycles. The van der Waals surface area contributed by atoms with Gasteiger partial charge >= 0.3 is 0 Å². The molecule has 0 fully saturated rings. The summed E-state index contributed by atoms with van der Waals surface area (Å²) < 4.78 is 0. The maximum Gasteiger partial charge on any atom is 0.261 e. The maximum absolute atomic E-state index is 12.8. The topological polar surface area (TPSA) is 92.5 Å². The van der Waals surface area contributed by atoms with Gasteiger partial charge < -0.3 is 11.1 Å². The molecule has 0 aliphatic carbocycles. The third kappa shape index (κ3) is 3.45. The minimum absolute atomic E-state index is 0.228. The first kappa shape index (κ1) is 18.7. The van der Waals surface area contributed by atoms with Crippen molar-refractivity contribution in [2.24, 2.45) is 0 Å². The van der Waals surface area contributed by atoms with Gasteiger partial charge in [-0.15, -0.1) is 0 Å². The Morgan fingerprint density at radius 3 is 2.17 bits per heavy atom. The molecular formula is C23H21N3O3. The van der Waals surface area contributed by atoms with Crippen LogP contribution in [0.3, 0.4) is 0 Å². The molecule has 0 unspecified atom stereocenters. The number of carbonyl (C=O) groups is 3. The number of para-hydroxylation sites is 1. The number of rotatable bonds is 6. The molecule has 3 aromatic rings. The van der Waals surface area contributed by atoms with Crippen LogP contribution in [-0.2, 0) is 0 Å². The Bertz CT molecular complexity index is 1070. The third-order valence-electron chi connectivity index (χ3n) is 5.16. The number of amides is 3. The summed E-state index contributed by atoms with van der Waals surface area (Å²) in [6.07, 6.45) is 1.24. The second-order valence-electron chi connectivity index (χ2n) is 7.02. The molecule has 0 atom stereocenters. The van der Waals surface area contributed by atoms with Crippen LogP contribution in [-0.4, -0.2) is 35.7 Å². The summed E-state index contributed by atoms with van der Waals surface area (Å²) in [5, 5.41) is 4.45. The van der Waals surface area contributed by atoms with Crippen molar-refractivity contribution in [3.05, 3.63) is 77.4 Å². The van der Waals surface area contributed by atoms with Crippen LogP contribution in [0.15, 0.2) is 60.7 Å². The predicted octanol–water partition coefficient (Wildman–Crippen LogP) is 3.23. The first-order valence-electron chi connectivity index (χ1n) is 9.58. The number of anilines is 1. The van der Waals surface area contributed by atoms with Crippen molar-refractivity contribution in [1.82, 2.24) is 10.2 Å². The summed E-state index contributed by atoms with van der Waals surface area (Å²) in [5.74, 6) is -0.755. The number of nitrogens with one attached hydrogen (secondary N) is 1. The Kier molecular flexibility index (Phi) is 4.99. The molecule has 6 nitrogen and oxygen atoms in total. The summed E-state index contributed by atoms with van der Waals surface area (Å²) in [4.78, 5) is 39.1. The highest BCUT2D eigenvalue weighted by molar-refractivity contribution is 6.25. The number of nitrogen functional groups attached to an aromatic ring is 1. The molecule has 29 heavy (non-hydrogen) atoms. The summed E-state index contributed by atoms with van der Waals surface area (Å²) in [6.45, 7) is 0.751. The SMILES string of the molecule is Nc1ccccc1C(=O)NCCCCN1C(=O)c2cccc3cccc(c23)C1=O. The van der Waals surface area contributed by atoms with Crippen LogP contribution in [0.4, 0.5) is 5.69 Å². The van der Waals surface area contributed by atoms with Crippen LogP contribution in [0.1, 0.15) is 43.9 Å². The third-order valence-corrected chi connectivity index (χ3v) is 5.16. The average Bonchev–Trinajstić information content (AvgIpc) is 2.74. The van der Waals surface area contributed by atoms with Crippen molar-refractivity contribution in [1.29, 1.82) is 0 Å². The average molecular weight is 387 g/mol. The van der Waals surface area contributed by atoms with Gasteiger partial charge in [-0.3, -0.25) is 19.3 Å². The van der Waals surface area contributed by atoms with Gasteiger partial charge in [0.2, 0.25) is 0 Å². The zero-order chi connectivity index (χ0) is 20.4. The van der Waals surface area contributed by atoms with Crippen LogP contribution < -0.4 is 11.1 Å². The maximum atomic E-state index is 12.8. The Labute approximate surface area is 168 Å². The van der Waals surface area contributed by atoms with E-state index in [4.69, 9.17) is 5.73 Å². The van der Waals surface area contributed by atoms with E-state index in [0.29, 0.717) is 48.3 Å².